The van der Waals surface area contributed by atoms with Crippen molar-refractivity contribution in [3.8, 4) is 0 Å². The molecule has 0 aromatic rings. The number of halogens is 3. The molecule has 0 saturated carbocycles. The lowest BCUT2D eigenvalue weighted by Gasteiger charge is -2.16. The van der Waals surface area contributed by atoms with Gasteiger partial charge in [0.05, 0.1) is 0 Å². The van der Waals surface area contributed by atoms with Crippen molar-refractivity contribution in [1.82, 2.24) is 0 Å². The van der Waals surface area contributed by atoms with Gasteiger partial charge in [-0.05, 0) is 0 Å². The number of carbonyl (C=O) groups is 1. The first-order valence-corrected chi connectivity index (χ1v) is 3.46. The van der Waals surface area contributed by atoms with Gasteiger partial charge in [-0.25, -0.2) is 4.79 Å². The van der Waals surface area contributed by atoms with Gasteiger partial charge in [0.1, 0.15) is 0 Å². The van der Waals surface area contributed by atoms with Gasteiger partial charge in [0.2, 0.25) is 6.29 Å². The monoisotopic (exact) mass is 198 g/mol. The summed E-state index contributed by atoms with van der Waals surface area (Å²) in [5.41, 5.74) is 0. The highest BCUT2D eigenvalue weighted by molar-refractivity contribution is 5.81. The van der Waals surface area contributed by atoms with Gasteiger partial charge < -0.3 is 4.74 Å². The average molecular weight is 198 g/mol. The Hall–Kier alpha value is -1.04. The number of alkyl halides is 3. The Labute approximate surface area is 73.1 Å². The maximum Gasteiger partial charge on any atom is 0.525 e. The first-order valence-electron chi connectivity index (χ1n) is 3.46. The van der Waals surface area contributed by atoms with E-state index in [1.54, 1.807) is 0 Å². The van der Waals surface area contributed by atoms with Crippen molar-refractivity contribution in [3.63, 3.8) is 0 Å². The normalized spacial score (nSPS) is 13.5. The standard InChI is InChI=1S/C7H9F3O3/c1-3-5(11)12-6(4-2)13-7(8,9)10/h3,6H,1,4H2,2H3. The molecule has 0 aromatic carbocycles. The molecule has 0 N–H and O–H groups in total. The molecule has 13 heavy (non-hydrogen) atoms. The smallest absolute Gasteiger partial charge is 0.432 e. The Morgan fingerprint density at radius 3 is 2.46 bits per heavy atom. The van der Waals surface area contributed by atoms with E-state index in [2.05, 4.69) is 16.1 Å². The van der Waals surface area contributed by atoms with Gasteiger partial charge >= 0.3 is 12.3 Å². The van der Waals surface area contributed by atoms with Gasteiger partial charge in [0, 0.05) is 12.5 Å². The van der Waals surface area contributed by atoms with E-state index in [0.717, 1.165) is 6.08 Å². The largest absolute Gasteiger partial charge is 0.525 e. The SMILES string of the molecule is C=CC(=O)OC(CC)OC(F)(F)F. The first-order chi connectivity index (χ1) is 5.89. The van der Waals surface area contributed by atoms with Crippen LogP contribution in [0.15, 0.2) is 12.7 Å². The Morgan fingerprint density at radius 2 is 2.15 bits per heavy atom. The molecular weight excluding hydrogens is 189 g/mol. The summed E-state index contributed by atoms with van der Waals surface area (Å²) in [6.45, 7) is 4.43. The minimum absolute atomic E-state index is 0.0842. The zero-order valence-electron chi connectivity index (χ0n) is 6.93. The third kappa shape index (κ3) is 6.15. The number of ether oxygens (including phenoxy) is 2. The molecule has 0 aliphatic rings. The minimum Gasteiger partial charge on any atom is -0.432 e. The Balaban J connectivity index is 4.04. The van der Waals surface area contributed by atoms with Crippen LogP contribution in [0.3, 0.4) is 0 Å². The summed E-state index contributed by atoms with van der Waals surface area (Å²) in [5.74, 6) is -0.948. The predicted molar refractivity (Wildman–Crippen MR) is 37.5 cm³/mol. The third-order valence-corrected chi connectivity index (χ3v) is 1.01. The predicted octanol–water partition coefficient (Wildman–Crippen LogP) is 1.99. The first kappa shape index (κ1) is 12.0. The molecule has 0 radical (unpaired) electrons. The van der Waals surface area contributed by atoms with E-state index in [1.807, 2.05) is 0 Å². The number of esters is 1. The summed E-state index contributed by atoms with van der Waals surface area (Å²) in [7, 11) is 0. The van der Waals surface area contributed by atoms with Crippen LogP contribution in [0.2, 0.25) is 0 Å². The van der Waals surface area contributed by atoms with Crippen LogP contribution in [0.1, 0.15) is 13.3 Å². The molecule has 0 spiro atoms. The van der Waals surface area contributed by atoms with Crippen molar-refractivity contribution in [2.24, 2.45) is 0 Å². The lowest BCUT2D eigenvalue weighted by molar-refractivity contribution is -0.372. The highest BCUT2D eigenvalue weighted by Crippen LogP contribution is 2.20. The molecule has 0 amide bonds. The van der Waals surface area contributed by atoms with E-state index < -0.39 is 18.6 Å². The Bertz CT molecular complexity index is 188. The molecule has 0 saturated heterocycles. The van der Waals surface area contributed by atoms with Crippen molar-refractivity contribution in [2.75, 3.05) is 0 Å². The molecule has 1 atom stereocenters. The van der Waals surface area contributed by atoms with E-state index >= 15 is 0 Å². The molecule has 76 valence electrons. The van der Waals surface area contributed by atoms with Crippen LogP contribution >= 0.6 is 0 Å². The number of carbonyl (C=O) groups excluding carboxylic acids is 1. The van der Waals surface area contributed by atoms with Crippen molar-refractivity contribution in [2.45, 2.75) is 26.0 Å². The number of rotatable bonds is 4. The maximum absolute atomic E-state index is 11.6. The van der Waals surface area contributed by atoms with Gasteiger partial charge in [0.25, 0.3) is 0 Å². The fraction of sp³-hybridized carbons (Fsp3) is 0.571. The Kier molecular flexibility index (Phi) is 4.47. The lowest BCUT2D eigenvalue weighted by atomic mass is 10.5. The number of hydrogen-bond acceptors (Lipinski definition) is 3. The molecule has 0 heterocycles. The summed E-state index contributed by atoms with van der Waals surface area (Å²) >= 11 is 0. The minimum atomic E-state index is -4.80. The maximum atomic E-state index is 11.6. The van der Waals surface area contributed by atoms with E-state index in [1.165, 1.54) is 6.92 Å². The lowest BCUT2D eigenvalue weighted by Crippen LogP contribution is -2.27. The molecule has 0 rings (SSSR count). The van der Waals surface area contributed by atoms with Crippen molar-refractivity contribution in [3.05, 3.63) is 12.7 Å². The molecule has 3 nitrogen and oxygen atoms in total. The fourth-order valence-electron chi connectivity index (χ4n) is 0.517. The van der Waals surface area contributed by atoms with Crippen molar-refractivity contribution >= 4 is 5.97 Å². The topological polar surface area (TPSA) is 35.5 Å². The molecule has 6 heteroatoms. The van der Waals surface area contributed by atoms with E-state index in [-0.39, 0.29) is 6.42 Å². The van der Waals surface area contributed by atoms with Crippen LogP contribution in [-0.2, 0) is 14.3 Å². The van der Waals surface area contributed by atoms with Gasteiger partial charge in [-0.15, -0.1) is 13.2 Å². The molecule has 0 bridgehead atoms. The molecule has 0 aromatic heterocycles. The summed E-state index contributed by atoms with van der Waals surface area (Å²) < 4.78 is 42.5. The second kappa shape index (κ2) is 4.86. The van der Waals surface area contributed by atoms with Gasteiger partial charge in [-0.1, -0.05) is 13.5 Å². The second-order valence-corrected chi connectivity index (χ2v) is 2.04. The average Bonchev–Trinajstić information content (AvgIpc) is 2.00. The summed E-state index contributed by atoms with van der Waals surface area (Å²) in [5, 5.41) is 0. The highest BCUT2D eigenvalue weighted by atomic mass is 19.4. The van der Waals surface area contributed by atoms with Crippen LogP contribution in [0.25, 0.3) is 0 Å². The van der Waals surface area contributed by atoms with Crippen molar-refractivity contribution < 1.29 is 27.4 Å². The molecule has 0 fully saturated rings. The van der Waals surface area contributed by atoms with Crippen LogP contribution in [0.5, 0.6) is 0 Å². The second-order valence-electron chi connectivity index (χ2n) is 2.04. The fourth-order valence-corrected chi connectivity index (χ4v) is 0.517. The zero-order valence-corrected chi connectivity index (χ0v) is 6.93. The van der Waals surface area contributed by atoms with Gasteiger partial charge in [-0.3, -0.25) is 4.74 Å². The molecule has 0 aliphatic carbocycles. The summed E-state index contributed by atoms with van der Waals surface area (Å²) in [6.07, 6.45) is -5.73. The van der Waals surface area contributed by atoms with Crippen LogP contribution in [0, 0.1) is 0 Å². The summed E-state index contributed by atoms with van der Waals surface area (Å²) in [4.78, 5) is 10.5. The summed E-state index contributed by atoms with van der Waals surface area (Å²) in [6, 6.07) is 0. The van der Waals surface area contributed by atoms with Gasteiger partial charge in [0.15, 0.2) is 0 Å². The number of hydrogen-bond donors (Lipinski definition) is 0. The molecule has 0 aliphatic heterocycles. The van der Waals surface area contributed by atoms with Crippen molar-refractivity contribution in [1.29, 1.82) is 0 Å². The van der Waals surface area contributed by atoms with E-state index in [4.69, 9.17) is 0 Å². The van der Waals surface area contributed by atoms with Crippen LogP contribution in [0.4, 0.5) is 13.2 Å². The third-order valence-electron chi connectivity index (χ3n) is 1.01. The quantitative estimate of drug-likeness (QED) is 0.393. The zero-order chi connectivity index (χ0) is 10.5. The molecular formula is C7H9F3O3. The highest BCUT2D eigenvalue weighted by Gasteiger charge is 2.34. The molecule has 1 unspecified atom stereocenters. The van der Waals surface area contributed by atoms with Gasteiger partial charge in [-0.2, -0.15) is 0 Å². The van der Waals surface area contributed by atoms with E-state index in [0.29, 0.717) is 0 Å². The Morgan fingerprint density at radius 1 is 1.62 bits per heavy atom. The van der Waals surface area contributed by atoms with E-state index in [9.17, 15) is 18.0 Å². The van der Waals surface area contributed by atoms with Crippen LogP contribution < -0.4 is 0 Å². The van der Waals surface area contributed by atoms with Crippen LogP contribution in [-0.4, -0.2) is 18.6 Å².